The van der Waals surface area contributed by atoms with E-state index < -0.39 is 13.2 Å². The number of hydrogen-bond acceptors (Lipinski definition) is 8. The highest BCUT2D eigenvalue weighted by molar-refractivity contribution is 7.53. The molecule has 1 fully saturated rings. The molecule has 0 radical (unpaired) electrons. The van der Waals surface area contributed by atoms with Crippen molar-refractivity contribution in [3.05, 3.63) is 12.7 Å². The molecule has 2 N–H and O–H groups in total. The van der Waals surface area contributed by atoms with E-state index >= 15 is 0 Å². The fourth-order valence-electron chi connectivity index (χ4n) is 3.17. The summed E-state index contributed by atoms with van der Waals surface area (Å²) >= 11 is 0. The molecule has 0 aliphatic heterocycles. The fraction of sp³-hybridized carbons (Fsp3) is 0.706. The summed E-state index contributed by atoms with van der Waals surface area (Å²) in [7, 11) is -3.35. The standard InChI is InChI=1S/C17H28N5O4P/c1-11(2)25-27(23,26-12(3)4)10-24-17(6-13(17)5)7-22-9-21-14-15(18)19-8-20-16(14)22/h8-9,11-13H,6-7,10H2,1-5H3,(H2,18,19,20)/t13-,17+/m1/s1. The number of aromatic nitrogens is 4. The Balaban J connectivity index is 1.75. The lowest BCUT2D eigenvalue weighted by Crippen LogP contribution is -2.26. The summed E-state index contributed by atoms with van der Waals surface area (Å²) < 4.78 is 32.2. The molecule has 2 aromatic rings. The topological polar surface area (TPSA) is 114 Å². The molecule has 2 heterocycles. The molecule has 0 spiro atoms. The molecule has 0 saturated heterocycles. The Hall–Kier alpha value is -1.54. The SMILES string of the molecule is CC(C)OP(=O)(CO[C@]1(Cn2cnc3c(N)ncnc32)C[C@H]1C)OC(C)C. The lowest BCUT2D eigenvalue weighted by atomic mass is 10.2. The summed E-state index contributed by atoms with van der Waals surface area (Å²) in [6.07, 6.45) is 3.42. The first kappa shape index (κ1) is 20.2. The zero-order chi connectivity index (χ0) is 19.8. The van der Waals surface area contributed by atoms with Gasteiger partial charge in [0.15, 0.2) is 11.5 Å². The molecule has 2 aromatic heterocycles. The highest BCUT2D eigenvalue weighted by Gasteiger charge is 2.54. The van der Waals surface area contributed by atoms with Crippen LogP contribution in [0.3, 0.4) is 0 Å². The van der Waals surface area contributed by atoms with Crippen LogP contribution in [0.2, 0.25) is 0 Å². The van der Waals surface area contributed by atoms with Gasteiger partial charge in [0.05, 0.1) is 30.7 Å². The third-order valence-electron chi connectivity index (χ3n) is 4.51. The second-order valence-corrected chi connectivity index (χ2v) is 9.57. The highest BCUT2D eigenvalue weighted by atomic mass is 31.2. The number of nitrogen functional groups attached to an aromatic ring is 1. The molecule has 3 rings (SSSR count). The minimum absolute atomic E-state index is 0.0859. The van der Waals surface area contributed by atoms with E-state index in [0.717, 1.165) is 6.42 Å². The van der Waals surface area contributed by atoms with Crippen LogP contribution in [0.25, 0.3) is 11.2 Å². The summed E-state index contributed by atoms with van der Waals surface area (Å²) in [5.74, 6) is 0.651. The third kappa shape index (κ3) is 4.48. The lowest BCUT2D eigenvalue weighted by molar-refractivity contribution is 0.0185. The molecule has 10 heteroatoms. The predicted molar refractivity (Wildman–Crippen MR) is 102 cm³/mol. The quantitative estimate of drug-likeness (QED) is 0.642. The maximum absolute atomic E-state index is 13.0. The van der Waals surface area contributed by atoms with Gasteiger partial charge in [-0.3, -0.25) is 4.57 Å². The van der Waals surface area contributed by atoms with Crippen molar-refractivity contribution in [2.24, 2.45) is 5.92 Å². The molecule has 27 heavy (non-hydrogen) atoms. The summed E-state index contributed by atoms with van der Waals surface area (Å²) in [5, 5.41) is 0. The number of imidazole rings is 1. The van der Waals surface area contributed by atoms with E-state index in [0.29, 0.717) is 29.4 Å². The molecule has 150 valence electrons. The van der Waals surface area contributed by atoms with Crippen molar-refractivity contribution in [3.63, 3.8) is 0 Å². The lowest BCUT2D eigenvalue weighted by Gasteiger charge is -2.26. The fourth-order valence-corrected chi connectivity index (χ4v) is 5.04. The summed E-state index contributed by atoms with van der Waals surface area (Å²) in [6.45, 7) is 9.94. The second-order valence-electron chi connectivity index (χ2n) is 7.67. The Morgan fingerprint density at radius 3 is 2.44 bits per heavy atom. The zero-order valence-electron chi connectivity index (χ0n) is 16.5. The van der Waals surface area contributed by atoms with Crippen molar-refractivity contribution in [2.75, 3.05) is 12.1 Å². The summed E-state index contributed by atoms with van der Waals surface area (Å²) in [4.78, 5) is 12.5. The van der Waals surface area contributed by atoms with Gasteiger partial charge in [0, 0.05) is 0 Å². The van der Waals surface area contributed by atoms with Crippen LogP contribution in [0.4, 0.5) is 5.82 Å². The van der Waals surface area contributed by atoms with Crippen LogP contribution in [-0.2, 0) is 24.9 Å². The van der Waals surface area contributed by atoms with Gasteiger partial charge >= 0.3 is 7.60 Å². The van der Waals surface area contributed by atoms with Gasteiger partial charge in [-0.2, -0.15) is 0 Å². The van der Waals surface area contributed by atoms with Crippen molar-refractivity contribution in [1.82, 2.24) is 19.5 Å². The Kier molecular flexibility index (Phi) is 5.59. The molecular formula is C17H28N5O4P. The van der Waals surface area contributed by atoms with Crippen LogP contribution in [0, 0.1) is 5.92 Å². The Labute approximate surface area is 159 Å². The second kappa shape index (κ2) is 7.47. The molecule has 0 bridgehead atoms. The van der Waals surface area contributed by atoms with Gasteiger partial charge in [0.2, 0.25) is 0 Å². The van der Waals surface area contributed by atoms with Crippen LogP contribution >= 0.6 is 7.60 Å². The first-order valence-corrected chi connectivity index (χ1v) is 10.9. The van der Waals surface area contributed by atoms with Crippen molar-refractivity contribution in [1.29, 1.82) is 0 Å². The predicted octanol–water partition coefficient (Wildman–Crippen LogP) is 3.20. The zero-order valence-corrected chi connectivity index (χ0v) is 17.3. The number of hydrogen-bond donors (Lipinski definition) is 1. The Bertz CT molecular complexity index is 841. The van der Waals surface area contributed by atoms with Crippen molar-refractivity contribution < 1.29 is 18.3 Å². The number of rotatable bonds is 9. The highest BCUT2D eigenvalue weighted by Crippen LogP contribution is 2.55. The van der Waals surface area contributed by atoms with Crippen molar-refractivity contribution in [2.45, 2.75) is 65.4 Å². The molecule has 0 aromatic carbocycles. The average Bonchev–Trinajstić information content (AvgIpc) is 2.98. The number of anilines is 1. The maximum Gasteiger partial charge on any atom is 0.356 e. The van der Waals surface area contributed by atoms with E-state index in [9.17, 15) is 4.57 Å². The largest absolute Gasteiger partial charge is 0.382 e. The van der Waals surface area contributed by atoms with Crippen molar-refractivity contribution >= 4 is 24.6 Å². The number of nitrogens with two attached hydrogens (primary N) is 1. The van der Waals surface area contributed by atoms with Crippen LogP contribution in [0.15, 0.2) is 12.7 Å². The normalized spacial score (nSPS) is 22.9. The molecule has 0 unspecified atom stereocenters. The maximum atomic E-state index is 13.0. The number of nitrogens with zero attached hydrogens (tertiary/aromatic N) is 4. The van der Waals surface area contributed by atoms with Gasteiger partial charge < -0.3 is 24.1 Å². The van der Waals surface area contributed by atoms with Crippen LogP contribution in [0.1, 0.15) is 41.0 Å². The molecule has 1 saturated carbocycles. The van der Waals surface area contributed by atoms with Gasteiger partial charge in [0.1, 0.15) is 18.2 Å². The van der Waals surface area contributed by atoms with Crippen LogP contribution in [0.5, 0.6) is 0 Å². The number of fused-ring (bicyclic) bond motifs is 1. The van der Waals surface area contributed by atoms with E-state index in [4.69, 9.17) is 19.5 Å². The first-order chi connectivity index (χ1) is 12.6. The monoisotopic (exact) mass is 397 g/mol. The van der Waals surface area contributed by atoms with Crippen LogP contribution in [-0.4, -0.2) is 43.7 Å². The Morgan fingerprint density at radius 2 is 1.89 bits per heavy atom. The van der Waals surface area contributed by atoms with E-state index in [1.165, 1.54) is 6.33 Å². The van der Waals surface area contributed by atoms with Gasteiger partial charge in [-0.1, -0.05) is 6.92 Å². The first-order valence-electron chi connectivity index (χ1n) is 9.15. The van der Waals surface area contributed by atoms with E-state index in [2.05, 4.69) is 21.9 Å². The molecule has 2 atom stereocenters. The number of ether oxygens (including phenoxy) is 1. The molecule has 9 nitrogen and oxygen atoms in total. The van der Waals surface area contributed by atoms with Crippen molar-refractivity contribution in [3.8, 4) is 0 Å². The van der Waals surface area contributed by atoms with E-state index in [1.54, 1.807) is 6.33 Å². The molecule has 1 aliphatic carbocycles. The molecule has 0 amide bonds. The van der Waals surface area contributed by atoms with Gasteiger partial charge in [-0.05, 0) is 40.0 Å². The Morgan fingerprint density at radius 1 is 1.26 bits per heavy atom. The minimum Gasteiger partial charge on any atom is -0.382 e. The van der Waals surface area contributed by atoms with E-state index in [1.807, 2.05) is 32.3 Å². The van der Waals surface area contributed by atoms with Gasteiger partial charge in [0.25, 0.3) is 0 Å². The van der Waals surface area contributed by atoms with E-state index in [-0.39, 0.29) is 18.6 Å². The minimum atomic E-state index is -3.35. The van der Waals surface area contributed by atoms with Gasteiger partial charge in [-0.15, -0.1) is 0 Å². The average molecular weight is 397 g/mol. The summed E-state index contributed by atoms with van der Waals surface area (Å²) in [6, 6.07) is 0. The molecular weight excluding hydrogens is 369 g/mol. The van der Waals surface area contributed by atoms with Crippen LogP contribution < -0.4 is 5.73 Å². The summed E-state index contributed by atoms with van der Waals surface area (Å²) in [5.41, 5.74) is 6.63. The van der Waals surface area contributed by atoms with Gasteiger partial charge in [-0.25, -0.2) is 15.0 Å². The third-order valence-corrected chi connectivity index (χ3v) is 6.44. The smallest absolute Gasteiger partial charge is 0.356 e. The molecule has 1 aliphatic rings.